The average molecular weight is 314 g/mol. The average Bonchev–Trinajstić information content (AvgIpc) is 3.20. The minimum Gasteiger partial charge on any atom is -0.497 e. The van der Waals surface area contributed by atoms with Crippen LogP contribution in [0.25, 0.3) is 0 Å². The largest absolute Gasteiger partial charge is 0.497 e. The van der Waals surface area contributed by atoms with Gasteiger partial charge in [-0.1, -0.05) is 6.92 Å². The summed E-state index contributed by atoms with van der Waals surface area (Å²) < 4.78 is 12.1. The summed E-state index contributed by atoms with van der Waals surface area (Å²) in [5.41, 5.74) is 0. The monoisotopic (exact) mass is 313 g/mol. The van der Waals surface area contributed by atoms with Crippen LogP contribution in [0.1, 0.15) is 26.2 Å². The Hall–Kier alpha value is -0.740. The summed E-state index contributed by atoms with van der Waals surface area (Å²) in [6.45, 7) is 3.07. The van der Waals surface area contributed by atoms with Crippen LogP contribution in [0.3, 0.4) is 0 Å². The van der Waals surface area contributed by atoms with Gasteiger partial charge in [-0.15, -0.1) is 0 Å². The first-order chi connectivity index (χ1) is 8.72. The van der Waals surface area contributed by atoms with E-state index in [-0.39, 0.29) is 6.10 Å². The van der Waals surface area contributed by atoms with Crippen LogP contribution in [0.2, 0.25) is 0 Å². The zero-order chi connectivity index (χ0) is 13.0. The quantitative estimate of drug-likeness (QED) is 0.837. The molecule has 2 rings (SSSR count). The Labute approximate surface area is 117 Å². The van der Waals surface area contributed by atoms with Crippen molar-refractivity contribution in [3.05, 3.63) is 22.7 Å². The van der Waals surface area contributed by atoms with E-state index in [9.17, 15) is 0 Å². The van der Waals surface area contributed by atoms with Crippen molar-refractivity contribution in [3.63, 3.8) is 0 Å². The van der Waals surface area contributed by atoms with Crippen LogP contribution in [-0.2, 0) is 0 Å². The standard InChI is InChI=1S/C14H20BrNO2/c1-3-11(9-16-10-4-5-10)18-14-7-6-12(17-2)8-13(14)15/h6-8,10-11,16H,3-5,9H2,1-2H3. The lowest BCUT2D eigenvalue weighted by Gasteiger charge is -2.19. The van der Waals surface area contributed by atoms with Crippen LogP contribution in [0, 0.1) is 0 Å². The molecule has 0 amide bonds. The first-order valence-electron chi connectivity index (χ1n) is 6.46. The van der Waals surface area contributed by atoms with Gasteiger partial charge in [-0.3, -0.25) is 0 Å². The van der Waals surface area contributed by atoms with Gasteiger partial charge in [-0.25, -0.2) is 0 Å². The van der Waals surface area contributed by atoms with Gasteiger partial charge in [0.15, 0.2) is 0 Å². The molecule has 100 valence electrons. The number of rotatable bonds is 7. The maximum atomic E-state index is 6.01. The number of nitrogens with one attached hydrogen (secondary N) is 1. The molecule has 0 radical (unpaired) electrons. The smallest absolute Gasteiger partial charge is 0.134 e. The molecule has 4 heteroatoms. The van der Waals surface area contributed by atoms with E-state index in [1.54, 1.807) is 7.11 Å². The van der Waals surface area contributed by atoms with Gasteiger partial charge in [0.05, 0.1) is 11.6 Å². The molecule has 1 aromatic carbocycles. The van der Waals surface area contributed by atoms with Gasteiger partial charge < -0.3 is 14.8 Å². The Balaban J connectivity index is 1.92. The third-order valence-electron chi connectivity index (χ3n) is 3.10. The zero-order valence-electron chi connectivity index (χ0n) is 10.9. The topological polar surface area (TPSA) is 30.5 Å². The van der Waals surface area contributed by atoms with E-state index in [1.165, 1.54) is 12.8 Å². The van der Waals surface area contributed by atoms with Gasteiger partial charge in [0.1, 0.15) is 17.6 Å². The van der Waals surface area contributed by atoms with Crippen LogP contribution >= 0.6 is 15.9 Å². The molecule has 1 aliphatic carbocycles. The van der Waals surface area contributed by atoms with Gasteiger partial charge >= 0.3 is 0 Å². The van der Waals surface area contributed by atoms with Crippen LogP contribution in [0.4, 0.5) is 0 Å². The fourth-order valence-electron chi connectivity index (χ4n) is 1.74. The van der Waals surface area contributed by atoms with E-state index in [2.05, 4.69) is 28.2 Å². The molecule has 1 aromatic rings. The third-order valence-corrected chi connectivity index (χ3v) is 3.72. The van der Waals surface area contributed by atoms with Crippen LogP contribution in [0.15, 0.2) is 22.7 Å². The fraction of sp³-hybridized carbons (Fsp3) is 0.571. The molecule has 18 heavy (non-hydrogen) atoms. The number of methoxy groups -OCH3 is 1. The molecule has 0 bridgehead atoms. The molecule has 1 N–H and O–H groups in total. The lowest BCUT2D eigenvalue weighted by molar-refractivity contribution is 0.191. The highest BCUT2D eigenvalue weighted by molar-refractivity contribution is 9.10. The molecule has 1 aliphatic rings. The molecule has 0 heterocycles. The number of benzene rings is 1. The Morgan fingerprint density at radius 2 is 2.22 bits per heavy atom. The summed E-state index contributed by atoms with van der Waals surface area (Å²) in [6, 6.07) is 6.52. The summed E-state index contributed by atoms with van der Waals surface area (Å²) in [5, 5.41) is 3.50. The molecular formula is C14H20BrNO2. The fourth-order valence-corrected chi connectivity index (χ4v) is 2.19. The Morgan fingerprint density at radius 3 is 2.78 bits per heavy atom. The van der Waals surface area contributed by atoms with Crippen molar-refractivity contribution in [2.45, 2.75) is 38.3 Å². The summed E-state index contributed by atoms with van der Waals surface area (Å²) in [6.07, 6.45) is 3.83. The van der Waals surface area contributed by atoms with E-state index in [1.807, 2.05) is 18.2 Å². The molecule has 1 unspecified atom stereocenters. The molecule has 0 spiro atoms. The first-order valence-corrected chi connectivity index (χ1v) is 7.25. The Kier molecular flexibility index (Phi) is 4.89. The van der Waals surface area contributed by atoms with Crippen molar-refractivity contribution in [1.82, 2.24) is 5.32 Å². The van der Waals surface area contributed by atoms with Crippen molar-refractivity contribution in [1.29, 1.82) is 0 Å². The minimum atomic E-state index is 0.218. The van der Waals surface area contributed by atoms with Gasteiger partial charge in [0, 0.05) is 12.6 Å². The van der Waals surface area contributed by atoms with Crippen molar-refractivity contribution >= 4 is 15.9 Å². The van der Waals surface area contributed by atoms with Gasteiger partial charge in [-0.05, 0) is 53.4 Å². The third kappa shape index (κ3) is 3.89. The van der Waals surface area contributed by atoms with Crippen molar-refractivity contribution < 1.29 is 9.47 Å². The maximum Gasteiger partial charge on any atom is 0.134 e. The second-order valence-corrected chi connectivity index (χ2v) is 5.48. The van der Waals surface area contributed by atoms with Crippen molar-refractivity contribution in [2.24, 2.45) is 0 Å². The highest BCUT2D eigenvalue weighted by Crippen LogP contribution is 2.30. The molecule has 1 saturated carbocycles. The Morgan fingerprint density at radius 1 is 1.44 bits per heavy atom. The first kappa shape index (κ1) is 13.7. The van der Waals surface area contributed by atoms with Crippen LogP contribution < -0.4 is 14.8 Å². The summed E-state index contributed by atoms with van der Waals surface area (Å²) in [7, 11) is 1.66. The molecule has 1 atom stereocenters. The Bertz CT molecular complexity index is 393. The highest BCUT2D eigenvalue weighted by atomic mass is 79.9. The number of hydrogen-bond donors (Lipinski definition) is 1. The molecule has 0 aliphatic heterocycles. The highest BCUT2D eigenvalue weighted by Gasteiger charge is 2.22. The molecule has 3 nitrogen and oxygen atoms in total. The molecular weight excluding hydrogens is 294 g/mol. The van der Waals surface area contributed by atoms with Crippen molar-refractivity contribution in [2.75, 3.05) is 13.7 Å². The maximum absolute atomic E-state index is 6.01. The summed E-state index contributed by atoms with van der Waals surface area (Å²) in [5.74, 6) is 1.71. The number of halogens is 1. The van der Waals surface area contributed by atoms with E-state index in [0.717, 1.165) is 35.0 Å². The van der Waals surface area contributed by atoms with Crippen LogP contribution in [0.5, 0.6) is 11.5 Å². The summed E-state index contributed by atoms with van der Waals surface area (Å²) in [4.78, 5) is 0. The van der Waals surface area contributed by atoms with E-state index in [0.29, 0.717) is 0 Å². The van der Waals surface area contributed by atoms with Crippen LogP contribution in [-0.4, -0.2) is 25.8 Å². The minimum absolute atomic E-state index is 0.218. The van der Waals surface area contributed by atoms with Gasteiger partial charge in [-0.2, -0.15) is 0 Å². The lowest BCUT2D eigenvalue weighted by Crippen LogP contribution is -2.32. The molecule has 0 aromatic heterocycles. The molecule has 0 saturated heterocycles. The lowest BCUT2D eigenvalue weighted by atomic mass is 10.2. The SMILES string of the molecule is CCC(CNC1CC1)Oc1ccc(OC)cc1Br. The van der Waals surface area contributed by atoms with Crippen molar-refractivity contribution in [3.8, 4) is 11.5 Å². The van der Waals surface area contributed by atoms with E-state index >= 15 is 0 Å². The van der Waals surface area contributed by atoms with E-state index in [4.69, 9.17) is 9.47 Å². The van der Waals surface area contributed by atoms with Gasteiger partial charge in [0.2, 0.25) is 0 Å². The predicted molar refractivity (Wildman–Crippen MR) is 76.4 cm³/mol. The van der Waals surface area contributed by atoms with Gasteiger partial charge in [0.25, 0.3) is 0 Å². The summed E-state index contributed by atoms with van der Waals surface area (Å²) >= 11 is 3.51. The number of ether oxygens (including phenoxy) is 2. The molecule has 1 fully saturated rings. The zero-order valence-corrected chi connectivity index (χ0v) is 12.5. The second-order valence-electron chi connectivity index (χ2n) is 4.63. The second kappa shape index (κ2) is 6.43. The van der Waals surface area contributed by atoms with E-state index < -0.39 is 0 Å². The predicted octanol–water partition coefficient (Wildman–Crippen LogP) is 3.37. The number of hydrogen-bond acceptors (Lipinski definition) is 3. The normalized spacial score (nSPS) is 16.4.